The molecule has 1 heterocycles. The second kappa shape index (κ2) is 6.21. The van der Waals surface area contributed by atoms with Crippen LogP contribution < -0.4 is 5.32 Å². The van der Waals surface area contributed by atoms with E-state index in [-0.39, 0.29) is 5.69 Å². The number of carboxylic acid groups (broad SMARTS) is 1. The van der Waals surface area contributed by atoms with Gasteiger partial charge in [-0.1, -0.05) is 6.07 Å². The van der Waals surface area contributed by atoms with Crippen LogP contribution in [0.1, 0.15) is 16.1 Å². The molecule has 2 aromatic rings. The normalized spacial score (nSPS) is 10.0. The highest BCUT2D eigenvalue weighted by molar-refractivity contribution is 9.10. The summed E-state index contributed by atoms with van der Waals surface area (Å²) >= 11 is 3.32. The standard InChI is InChI=1S/C13H11BrN4O2/c14-10-2-1-3-11(9(10)6-15)16-4-5-18-7-12(13(19)20)17-8-18/h1-3,7-8,16H,4-5H2,(H,19,20). The number of nitriles is 1. The van der Waals surface area contributed by atoms with Gasteiger partial charge >= 0.3 is 5.97 Å². The van der Waals surface area contributed by atoms with Crippen LogP contribution in [0.5, 0.6) is 0 Å². The first-order valence-electron chi connectivity index (χ1n) is 5.79. The first-order chi connectivity index (χ1) is 9.61. The first kappa shape index (κ1) is 14.1. The molecular formula is C13H11BrN4O2. The highest BCUT2D eigenvalue weighted by atomic mass is 79.9. The van der Waals surface area contributed by atoms with E-state index >= 15 is 0 Å². The Morgan fingerprint density at radius 1 is 1.55 bits per heavy atom. The van der Waals surface area contributed by atoms with Crippen molar-refractivity contribution in [1.29, 1.82) is 5.26 Å². The summed E-state index contributed by atoms with van der Waals surface area (Å²) in [6.07, 6.45) is 2.94. The molecule has 1 aromatic carbocycles. The fraction of sp³-hybridized carbons (Fsp3) is 0.154. The molecule has 0 amide bonds. The minimum Gasteiger partial charge on any atom is -0.476 e. The number of hydrogen-bond donors (Lipinski definition) is 2. The van der Waals surface area contributed by atoms with E-state index in [9.17, 15) is 4.79 Å². The zero-order valence-electron chi connectivity index (χ0n) is 10.4. The van der Waals surface area contributed by atoms with E-state index in [0.717, 1.165) is 10.2 Å². The molecule has 0 bridgehead atoms. The summed E-state index contributed by atoms with van der Waals surface area (Å²) in [5.74, 6) is -1.05. The summed E-state index contributed by atoms with van der Waals surface area (Å²) < 4.78 is 2.42. The van der Waals surface area contributed by atoms with Crippen LogP contribution in [0.3, 0.4) is 0 Å². The van der Waals surface area contributed by atoms with Gasteiger partial charge in [0, 0.05) is 23.8 Å². The lowest BCUT2D eigenvalue weighted by Crippen LogP contribution is -2.10. The minimum absolute atomic E-state index is 0.0187. The highest BCUT2D eigenvalue weighted by Crippen LogP contribution is 2.23. The topological polar surface area (TPSA) is 90.9 Å². The van der Waals surface area contributed by atoms with E-state index in [2.05, 4.69) is 32.3 Å². The van der Waals surface area contributed by atoms with E-state index in [4.69, 9.17) is 10.4 Å². The van der Waals surface area contributed by atoms with Crippen LogP contribution in [0.4, 0.5) is 5.69 Å². The second-order valence-corrected chi connectivity index (χ2v) is 4.86. The molecule has 102 valence electrons. The van der Waals surface area contributed by atoms with E-state index in [1.54, 1.807) is 10.6 Å². The van der Waals surface area contributed by atoms with Crippen LogP contribution in [-0.4, -0.2) is 27.2 Å². The van der Waals surface area contributed by atoms with E-state index in [1.165, 1.54) is 12.5 Å². The van der Waals surface area contributed by atoms with Gasteiger partial charge in [-0.15, -0.1) is 0 Å². The number of imidazole rings is 1. The fourth-order valence-electron chi connectivity index (χ4n) is 1.70. The summed E-state index contributed by atoms with van der Waals surface area (Å²) in [5.41, 5.74) is 1.30. The van der Waals surface area contributed by atoms with Gasteiger partial charge in [-0.25, -0.2) is 9.78 Å². The Kier molecular flexibility index (Phi) is 4.38. The molecule has 0 atom stereocenters. The zero-order valence-corrected chi connectivity index (χ0v) is 12.0. The van der Waals surface area contributed by atoms with Crippen molar-refractivity contribution in [3.63, 3.8) is 0 Å². The molecule has 0 aliphatic heterocycles. The maximum absolute atomic E-state index is 10.7. The van der Waals surface area contributed by atoms with Gasteiger partial charge in [0.05, 0.1) is 17.6 Å². The molecular weight excluding hydrogens is 324 g/mol. The summed E-state index contributed by atoms with van der Waals surface area (Å²) in [6.45, 7) is 1.11. The molecule has 2 rings (SSSR count). The second-order valence-electron chi connectivity index (χ2n) is 4.00. The number of carbonyl (C=O) groups is 1. The van der Waals surface area contributed by atoms with Gasteiger partial charge in [-0.2, -0.15) is 5.26 Å². The Hall–Kier alpha value is -2.33. The monoisotopic (exact) mass is 334 g/mol. The summed E-state index contributed by atoms with van der Waals surface area (Å²) in [5, 5.41) is 21.0. The van der Waals surface area contributed by atoms with Gasteiger partial charge in [-0.05, 0) is 28.1 Å². The number of nitrogens with zero attached hydrogens (tertiary/aromatic N) is 3. The van der Waals surface area contributed by atoms with Gasteiger partial charge in [0.1, 0.15) is 6.07 Å². The number of carboxylic acids is 1. The third-order valence-corrected chi connectivity index (χ3v) is 3.32. The number of rotatable bonds is 5. The molecule has 20 heavy (non-hydrogen) atoms. The van der Waals surface area contributed by atoms with Gasteiger partial charge in [0.2, 0.25) is 0 Å². The van der Waals surface area contributed by atoms with Crippen LogP contribution >= 0.6 is 15.9 Å². The molecule has 0 fully saturated rings. The summed E-state index contributed by atoms with van der Waals surface area (Å²) in [7, 11) is 0. The van der Waals surface area contributed by atoms with Crippen LogP contribution in [0.2, 0.25) is 0 Å². The third-order valence-electron chi connectivity index (χ3n) is 2.66. The van der Waals surface area contributed by atoms with Gasteiger partial charge in [0.25, 0.3) is 0 Å². The Morgan fingerprint density at radius 2 is 2.35 bits per heavy atom. The van der Waals surface area contributed by atoms with Crippen molar-refractivity contribution in [2.75, 3.05) is 11.9 Å². The molecule has 1 aromatic heterocycles. The van der Waals surface area contributed by atoms with Crippen molar-refractivity contribution in [2.24, 2.45) is 0 Å². The van der Waals surface area contributed by atoms with E-state index in [1.807, 2.05) is 12.1 Å². The molecule has 0 aliphatic carbocycles. The van der Waals surface area contributed by atoms with Crippen LogP contribution in [0.25, 0.3) is 0 Å². The van der Waals surface area contributed by atoms with Crippen molar-refractivity contribution in [1.82, 2.24) is 9.55 Å². The number of nitrogens with one attached hydrogen (secondary N) is 1. The molecule has 7 heteroatoms. The number of aromatic nitrogens is 2. The van der Waals surface area contributed by atoms with Crippen molar-refractivity contribution in [3.8, 4) is 6.07 Å². The van der Waals surface area contributed by atoms with Gasteiger partial charge in [-0.3, -0.25) is 0 Å². The maximum Gasteiger partial charge on any atom is 0.356 e. The SMILES string of the molecule is N#Cc1c(Br)cccc1NCCn1cnc(C(=O)O)c1. The Balaban J connectivity index is 1.98. The average Bonchev–Trinajstić information content (AvgIpc) is 2.88. The Morgan fingerprint density at radius 3 is 3.00 bits per heavy atom. The molecule has 0 spiro atoms. The highest BCUT2D eigenvalue weighted by Gasteiger charge is 2.07. The number of halogens is 1. The van der Waals surface area contributed by atoms with Gasteiger partial charge in [0.15, 0.2) is 5.69 Å². The maximum atomic E-state index is 10.7. The molecule has 6 nitrogen and oxygen atoms in total. The number of anilines is 1. The molecule has 2 N–H and O–H groups in total. The first-order valence-corrected chi connectivity index (χ1v) is 6.58. The van der Waals surface area contributed by atoms with Crippen molar-refractivity contribution in [3.05, 3.63) is 46.5 Å². The van der Waals surface area contributed by atoms with E-state index < -0.39 is 5.97 Å². The molecule has 0 saturated heterocycles. The van der Waals surface area contributed by atoms with Crippen LogP contribution in [-0.2, 0) is 6.54 Å². The quantitative estimate of drug-likeness (QED) is 0.875. The van der Waals surface area contributed by atoms with Crippen LogP contribution in [0.15, 0.2) is 35.2 Å². The van der Waals surface area contributed by atoms with E-state index in [0.29, 0.717) is 18.7 Å². The predicted molar refractivity (Wildman–Crippen MR) is 76.5 cm³/mol. The number of aromatic carboxylic acids is 1. The summed E-state index contributed by atoms with van der Waals surface area (Å²) in [4.78, 5) is 14.5. The fourth-order valence-corrected chi connectivity index (χ4v) is 2.15. The Bertz CT molecular complexity index is 675. The number of hydrogen-bond acceptors (Lipinski definition) is 4. The van der Waals surface area contributed by atoms with Crippen molar-refractivity contribution in [2.45, 2.75) is 6.54 Å². The lowest BCUT2D eigenvalue weighted by atomic mass is 10.2. The van der Waals surface area contributed by atoms with Crippen molar-refractivity contribution < 1.29 is 9.90 Å². The largest absolute Gasteiger partial charge is 0.476 e. The smallest absolute Gasteiger partial charge is 0.356 e. The Labute approximate surface area is 123 Å². The van der Waals surface area contributed by atoms with Crippen LogP contribution in [0, 0.1) is 11.3 Å². The minimum atomic E-state index is -1.05. The lowest BCUT2D eigenvalue weighted by Gasteiger charge is -2.09. The van der Waals surface area contributed by atoms with Gasteiger partial charge < -0.3 is 15.0 Å². The number of benzene rings is 1. The molecule has 0 aliphatic rings. The predicted octanol–water partition coefficient (Wildman–Crippen LogP) is 2.33. The summed E-state index contributed by atoms with van der Waals surface area (Å²) in [6, 6.07) is 7.59. The molecule has 0 saturated carbocycles. The van der Waals surface area contributed by atoms with Crippen molar-refractivity contribution >= 4 is 27.6 Å². The lowest BCUT2D eigenvalue weighted by molar-refractivity contribution is 0.0691. The average molecular weight is 335 g/mol. The molecule has 0 unspecified atom stereocenters. The zero-order chi connectivity index (χ0) is 14.5. The molecule has 0 radical (unpaired) electrons. The third kappa shape index (κ3) is 3.16.